The van der Waals surface area contributed by atoms with Gasteiger partial charge in [-0.15, -0.1) is 20.5 Å². The van der Waals surface area contributed by atoms with Crippen LogP contribution in [0.25, 0.3) is 21.5 Å². The molecule has 426 valence electrons. The summed E-state index contributed by atoms with van der Waals surface area (Å²) in [6.07, 6.45) is -0.913. The second-order valence-electron chi connectivity index (χ2n) is 16.1. The molecule has 35 nitrogen and oxygen atoms in total. The van der Waals surface area contributed by atoms with E-state index >= 15 is 0 Å². The van der Waals surface area contributed by atoms with Crippen molar-refractivity contribution in [2.24, 2.45) is 20.5 Å². The number of nitrogens with zero attached hydrogens (tertiary/aromatic N) is 5. The summed E-state index contributed by atoms with van der Waals surface area (Å²) in [5, 5.41) is 45.2. The van der Waals surface area contributed by atoms with Gasteiger partial charge in [-0.1, -0.05) is 0 Å². The number of hydrazine groups is 2. The molecule has 0 unspecified atom stereocenters. The summed E-state index contributed by atoms with van der Waals surface area (Å²) in [6, 6.07) is 9.78. The first-order chi connectivity index (χ1) is 36.7. The Balaban J connectivity index is 1.33. The number of nitrogen functional groups attached to an aromatic ring is 1. The van der Waals surface area contributed by atoms with E-state index in [4.69, 9.17) is 5.73 Å². The molecule has 42 heteroatoms. The maximum Gasteiger partial charge on any atom is 0.297 e. The maximum absolute atomic E-state index is 13.1. The van der Waals surface area contributed by atoms with Gasteiger partial charge in [-0.2, -0.15) is 58.9 Å². The third kappa shape index (κ3) is 12.5. The lowest BCUT2D eigenvalue weighted by Gasteiger charge is -2.19. The fraction of sp³-hybridized carbons (Fsp3) is 0.0526. The standard InChI is InChI=1S/C38H32N10O25S7/c39-33-26(15-28(76(59,60)61)22-14-31(79(68,69)70)35(37(50)32(22)33)47-42-23-9-6-19(75(56,57)58)12-27(23)48(51)52)45-44-25-10-7-20-21(38(25)80(71,72)73)13-30(78(65,66)67)34(36(20)49)46-43-24-8-3-17(11-29(24)77(62,63)64)41-40-16-1-4-18(5-2-16)74(53,54)55/h1-5,7-8,10-15,40-41,43,46,49-50H,6,9,39H2,(H,53,54,55)(H,56,57,58)(H,59,60,61)(H,62,63,64)(H,65,66,67)(H,68,69,70)(H,71,72,73). The number of phenols is 2. The SMILES string of the molecule is Nc1c(N=Nc2ccc3c(O)c(NNc4ccc(NNc5ccc(S(=O)(=O)O)cc5)cc4S(=O)(=O)O)c(S(=O)(=O)O)cc3c2S(=O)(=O)O)cc(S(=O)(=O)O)c2cc(S(=O)(=O)O)c(N=NC3=C([N+](=O)[O-])C=C(S(=O)(=O)O)CC3)c(O)c12. The van der Waals surface area contributed by atoms with Crippen LogP contribution < -0.4 is 27.4 Å². The summed E-state index contributed by atoms with van der Waals surface area (Å²) in [5.41, 5.74) is 7.96. The van der Waals surface area contributed by atoms with Crippen LogP contribution >= 0.6 is 0 Å². The van der Waals surface area contributed by atoms with Crippen LogP contribution in [0.2, 0.25) is 0 Å². The zero-order valence-electron chi connectivity index (χ0n) is 38.6. The van der Waals surface area contributed by atoms with Crippen LogP contribution in [-0.2, 0) is 70.8 Å². The first kappa shape index (κ1) is 59.5. The predicted octanol–water partition coefficient (Wildman–Crippen LogP) is 4.90. The van der Waals surface area contributed by atoms with Crippen LogP contribution in [0.3, 0.4) is 0 Å². The third-order valence-electron chi connectivity index (χ3n) is 10.9. The van der Waals surface area contributed by atoms with Crippen molar-refractivity contribution in [1.29, 1.82) is 0 Å². The van der Waals surface area contributed by atoms with Crippen molar-refractivity contribution in [2.45, 2.75) is 42.2 Å². The molecule has 1 aliphatic rings. The summed E-state index contributed by atoms with van der Waals surface area (Å²) in [4.78, 5) is 2.65. The molecule has 0 radical (unpaired) electrons. The van der Waals surface area contributed by atoms with Crippen LogP contribution in [-0.4, -0.2) is 106 Å². The molecular formula is C38H32N10O25S7. The number of aromatic hydroxyl groups is 2. The zero-order chi connectivity index (χ0) is 59.6. The minimum Gasteiger partial charge on any atom is -0.505 e. The lowest BCUT2D eigenvalue weighted by atomic mass is 10.0. The largest absolute Gasteiger partial charge is 0.505 e. The van der Waals surface area contributed by atoms with Gasteiger partial charge in [0, 0.05) is 28.7 Å². The molecule has 0 fully saturated rings. The number of azo groups is 2. The minimum absolute atomic E-state index is 0.103. The Hall–Kier alpha value is -8.11. The van der Waals surface area contributed by atoms with Gasteiger partial charge in [-0.3, -0.25) is 52.8 Å². The fourth-order valence-electron chi connectivity index (χ4n) is 7.42. The molecule has 1 aliphatic carbocycles. The fourth-order valence-corrected chi connectivity index (χ4v) is 12.0. The molecule has 0 saturated heterocycles. The quantitative estimate of drug-likeness (QED) is 0.0136. The molecule has 0 heterocycles. The molecule has 0 spiro atoms. The van der Waals surface area contributed by atoms with Gasteiger partial charge in [-0.05, 0) is 79.2 Å². The Morgan fingerprint density at radius 2 is 1.06 bits per heavy atom. The van der Waals surface area contributed by atoms with E-state index in [-0.39, 0.29) is 17.4 Å². The molecule has 0 aromatic heterocycles. The van der Waals surface area contributed by atoms with Crippen LogP contribution in [0.15, 0.2) is 145 Å². The average Bonchev–Trinajstić information content (AvgIpc) is 3.40. The van der Waals surface area contributed by atoms with E-state index < -0.39 is 201 Å². The molecule has 0 amide bonds. The Morgan fingerprint density at radius 3 is 1.61 bits per heavy atom. The van der Waals surface area contributed by atoms with Gasteiger partial charge in [0.25, 0.3) is 76.5 Å². The maximum atomic E-state index is 13.1. The van der Waals surface area contributed by atoms with Crippen molar-refractivity contribution in [2.75, 3.05) is 27.4 Å². The van der Waals surface area contributed by atoms with Crippen molar-refractivity contribution >= 4 is 138 Å². The first-order valence-electron chi connectivity index (χ1n) is 20.6. The van der Waals surface area contributed by atoms with Crippen molar-refractivity contribution in [1.82, 2.24) is 0 Å². The number of fused-ring (bicyclic) bond motifs is 2. The number of benzene rings is 6. The lowest BCUT2D eigenvalue weighted by molar-refractivity contribution is -0.420. The normalized spacial score (nSPS) is 14.2. The van der Waals surface area contributed by atoms with Crippen molar-refractivity contribution in [3.05, 3.63) is 105 Å². The van der Waals surface area contributed by atoms with Gasteiger partial charge in [0.15, 0.2) is 5.75 Å². The van der Waals surface area contributed by atoms with Crippen LogP contribution in [0.1, 0.15) is 12.8 Å². The highest BCUT2D eigenvalue weighted by Crippen LogP contribution is 2.49. The smallest absolute Gasteiger partial charge is 0.297 e. The van der Waals surface area contributed by atoms with E-state index in [1.54, 1.807) is 0 Å². The van der Waals surface area contributed by atoms with Crippen LogP contribution in [0, 0.1) is 10.1 Å². The number of nitro groups is 1. The highest BCUT2D eigenvalue weighted by Gasteiger charge is 2.33. The van der Waals surface area contributed by atoms with Gasteiger partial charge in [0.1, 0.15) is 58.7 Å². The number of rotatable bonds is 18. The number of phenolic OH excluding ortho intramolecular Hbond substituents is 2. The van der Waals surface area contributed by atoms with Crippen molar-refractivity contribution < 1.29 is 106 Å². The van der Waals surface area contributed by atoms with Crippen molar-refractivity contribution in [3.63, 3.8) is 0 Å². The molecule has 7 rings (SSSR count). The Labute approximate surface area is 448 Å². The number of allylic oxidation sites excluding steroid dienone is 3. The van der Waals surface area contributed by atoms with Gasteiger partial charge in [-0.25, -0.2) is 0 Å². The Kier molecular flexibility index (Phi) is 15.5. The van der Waals surface area contributed by atoms with Crippen LogP contribution in [0.5, 0.6) is 11.5 Å². The summed E-state index contributed by atoms with van der Waals surface area (Å²) in [5.74, 6) is -2.80. The highest BCUT2D eigenvalue weighted by molar-refractivity contribution is 7.90. The number of hydrogen-bond donors (Lipinski definition) is 14. The monoisotopic (exact) mass is 1250 g/mol. The molecule has 15 N–H and O–H groups in total. The average molecular weight is 1250 g/mol. The predicted molar refractivity (Wildman–Crippen MR) is 273 cm³/mol. The van der Waals surface area contributed by atoms with Gasteiger partial charge < -0.3 is 26.8 Å². The van der Waals surface area contributed by atoms with E-state index in [9.17, 15) is 111 Å². The van der Waals surface area contributed by atoms with Gasteiger partial charge in [0.2, 0.25) is 0 Å². The molecule has 0 atom stereocenters. The van der Waals surface area contributed by atoms with E-state index in [0.29, 0.717) is 24.3 Å². The molecule has 6 aromatic rings. The molecule has 0 saturated carbocycles. The van der Waals surface area contributed by atoms with E-state index in [1.807, 2.05) is 0 Å². The molecule has 80 heavy (non-hydrogen) atoms. The number of hydrogen-bond acceptors (Lipinski definition) is 27. The minimum atomic E-state index is -5.73. The first-order valence-corrected chi connectivity index (χ1v) is 30.7. The highest BCUT2D eigenvalue weighted by atomic mass is 32.2. The van der Waals surface area contributed by atoms with E-state index in [2.05, 4.69) is 42.2 Å². The summed E-state index contributed by atoms with van der Waals surface area (Å²) in [7, 11) is -37.4. The lowest BCUT2D eigenvalue weighted by Crippen LogP contribution is -2.16. The summed E-state index contributed by atoms with van der Waals surface area (Å²) >= 11 is 0. The third-order valence-corrected chi connectivity index (χ3v) is 17.3. The van der Waals surface area contributed by atoms with Gasteiger partial charge in [0.05, 0.1) is 42.9 Å². The molecule has 0 aliphatic heterocycles. The van der Waals surface area contributed by atoms with Gasteiger partial charge >= 0.3 is 0 Å². The van der Waals surface area contributed by atoms with E-state index in [0.717, 1.165) is 36.4 Å². The Morgan fingerprint density at radius 1 is 0.500 bits per heavy atom. The number of anilines is 5. The zero-order valence-corrected chi connectivity index (χ0v) is 44.4. The second-order valence-corrected chi connectivity index (χ2v) is 25.9. The molecule has 0 bridgehead atoms. The Bertz CT molecular complexity index is 4670. The second kappa shape index (κ2) is 20.8. The molecule has 6 aromatic carbocycles. The van der Waals surface area contributed by atoms with Crippen LogP contribution in [0.4, 0.5) is 45.5 Å². The summed E-state index contributed by atoms with van der Waals surface area (Å²) in [6.45, 7) is 0. The number of nitrogens with two attached hydrogens (primary N) is 1. The summed E-state index contributed by atoms with van der Waals surface area (Å²) < 4.78 is 243. The molecular weight excluding hydrogens is 1220 g/mol. The van der Waals surface area contributed by atoms with E-state index in [1.165, 1.54) is 12.1 Å². The topological polar surface area (TPSA) is 588 Å². The van der Waals surface area contributed by atoms with Crippen molar-refractivity contribution in [3.8, 4) is 11.5 Å². The number of nitrogens with one attached hydrogen (secondary N) is 4.